The predicted octanol–water partition coefficient (Wildman–Crippen LogP) is 1.63. The molecule has 0 spiro atoms. The number of hydrogen-bond donors (Lipinski definition) is 0. The smallest absolute Gasteiger partial charge is 0.272 e. The SMILES string of the molecule is Cc1cc(OCC(F)F)no1. The van der Waals surface area contributed by atoms with E-state index in [1.807, 2.05) is 0 Å². The van der Waals surface area contributed by atoms with E-state index < -0.39 is 13.0 Å². The van der Waals surface area contributed by atoms with Crippen molar-refractivity contribution in [2.45, 2.75) is 13.3 Å². The van der Waals surface area contributed by atoms with Crippen molar-refractivity contribution in [3.8, 4) is 5.88 Å². The third-order valence-corrected chi connectivity index (χ3v) is 0.964. The van der Waals surface area contributed by atoms with Gasteiger partial charge < -0.3 is 9.26 Å². The molecule has 1 heterocycles. The zero-order valence-electron chi connectivity index (χ0n) is 5.88. The first-order valence-electron chi connectivity index (χ1n) is 3.03. The van der Waals surface area contributed by atoms with Crippen LogP contribution >= 0.6 is 0 Å². The summed E-state index contributed by atoms with van der Waals surface area (Å²) in [4.78, 5) is 0. The summed E-state index contributed by atoms with van der Waals surface area (Å²) in [5.74, 6) is 0.636. The highest BCUT2D eigenvalue weighted by Gasteiger charge is 2.05. The Morgan fingerprint density at radius 1 is 1.73 bits per heavy atom. The third kappa shape index (κ3) is 2.53. The van der Waals surface area contributed by atoms with E-state index >= 15 is 0 Å². The second-order valence-electron chi connectivity index (χ2n) is 1.98. The number of aryl methyl sites for hydroxylation is 1. The molecular formula is C6H7F2NO2. The second-order valence-corrected chi connectivity index (χ2v) is 1.98. The number of ether oxygens (including phenoxy) is 1. The molecule has 5 heteroatoms. The minimum Gasteiger partial charge on any atom is -0.469 e. The minimum atomic E-state index is -2.48. The first-order valence-corrected chi connectivity index (χ1v) is 3.03. The van der Waals surface area contributed by atoms with Crippen molar-refractivity contribution >= 4 is 0 Å². The molecule has 1 rings (SSSR count). The number of halogens is 2. The van der Waals surface area contributed by atoms with E-state index in [2.05, 4.69) is 14.4 Å². The molecule has 0 aliphatic carbocycles. The van der Waals surface area contributed by atoms with Crippen LogP contribution in [0.1, 0.15) is 5.76 Å². The number of rotatable bonds is 3. The van der Waals surface area contributed by atoms with Crippen LogP contribution in [0.4, 0.5) is 8.78 Å². The van der Waals surface area contributed by atoms with Gasteiger partial charge in [0.1, 0.15) is 5.76 Å². The van der Waals surface area contributed by atoms with Crippen molar-refractivity contribution in [1.29, 1.82) is 0 Å². The van der Waals surface area contributed by atoms with E-state index in [9.17, 15) is 8.78 Å². The molecule has 3 nitrogen and oxygen atoms in total. The summed E-state index contributed by atoms with van der Waals surface area (Å²) in [6, 6.07) is 1.45. The maximum Gasteiger partial charge on any atom is 0.272 e. The van der Waals surface area contributed by atoms with Gasteiger partial charge in [0.2, 0.25) is 0 Å². The van der Waals surface area contributed by atoms with Crippen LogP contribution in [0.15, 0.2) is 10.6 Å². The monoisotopic (exact) mass is 163 g/mol. The molecular weight excluding hydrogens is 156 g/mol. The van der Waals surface area contributed by atoms with E-state index in [1.54, 1.807) is 6.92 Å². The van der Waals surface area contributed by atoms with Gasteiger partial charge in [-0.3, -0.25) is 0 Å². The number of alkyl halides is 2. The average Bonchev–Trinajstić information content (AvgIpc) is 2.31. The molecule has 0 aromatic carbocycles. The maximum atomic E-state index is 11.5. The van der Waals surface area contributed by atoms with Crippen LogP contribution in [0.3, 0.4) is 0 Å². The van der Waals surface area contributed by atoms with E-state index in [0.717, 1.165) is 0 Å². The van der Waals surface area contributed by atoms with Gasteiger partial charge in [-0.05, 0) is 12.1 Å². The van der Waals surface area contributed by atoms with Gasteiger partial charge in [-0.25, -0.2) is 8.78 Å². The summed E-state index contributed by atoms with van der Waals surface area (Å²) in [7, 11) is 0. The van der Waals surface area contributed by atoms with Gasteiger partial charge in [0.15, 0.2) is 6.61 Å². The Bertz CT molecular complexity index is 224. The van der Waals surface area contributed by atoms with Crippen molar-refractivity contribution in [1.82, 2.24) is 5.16 Å². The van der Waals surface area contributed by atoms with Crippen molar-refractivity contribution in [3.63, 3.8) is 0 Å². The van der Waals surface area contributed by atoms with E-state index in [0.29, 0.717) is 5.76 Å². The largest absolute Gasteiger partial charge is 0.469 e. The molecule has 0 fully saturated rings. The van der Waals surface area contributed by atoms with Crippen LogP contribution in [0.25, 0.3) is 0 Å². The van der Waals surface area contributed by atoms with E-state index in [-0.39, 0.29) is 5.88 Å². The molecule has 11 heavy (non-hydrogen) atoms. The fraction of sp³-hybridized carbons (Fsp3) is 0.500. The van der Waals surface area contributed by atoms with Gasteiger partial charge in [-0.2, -0.15) is 0 Å². The highest BCUT2D eigenvalue weighted by atomic mass is 19.3. The summed E-state index contributed by atoms with van der Waals surface area (Å²) < 4.78 is 32.2. The molecule has 0 aliphatic rings. The van der Waals surface area contributed by atoms with Gasteiger partial charge in [0.25, 0.3) is 12.3 Å². The van der Waals surface area contributed by atoms with Crippen LogP contribution < -0.4 is 4.74 Å². The normalized spacial score (nSPS) is 10.5. The molecule has 0 saturated heterocycles. The molecule has 0 unspecified atom stereocenters. The van der Waals surface area contributed by atoms with Crippen molar-refractivity contribution in [2.24, 2.45) is 0 Å². The summed E-state index contributed by atoms with van der Waals surface area (Å²) in [5.41, 5.74) is 0. The predicted molar refractivity (Wildman–Crippen MR) is 32.7 cm³/mol. The summed E-state index contributed by atoms with van der Waals surface area (Å²) in [6.45, 7) is 1.01. The Labute approximate surface area is 61.9 Å². The third-order valence-electron chi connectivity index (χ3n) is 0.964. The van der Waals surface area contributed by atoms with Crippen LogP contribution in [0.5, 0.6) is 5.88 Å². The van der Waals surface area contributed by atoms with Crippen molar-refractivity contribution < 1.29 is 18.0 Å². The van der Waals surface area contributed by atoms with Gasteiger partial charge in [-0.1, -0.05) is 0 Å². The highest BCUT2D eigenvalue weighted by molar-refractivity contribution is 5.09. The van der Waals surface area contributed by atoms with Crippen LogP contribution in [-0.2, 0) is 0 Å². The number of hydrogen-bond acceptors (Lipinski definition) is 3. The molecule has 1 aromatic rings. The lowest BCUT2D eigenvalue weighted by atomic mass is 10.5. The molecule has 1 aromatic heterocycles. The Hall–Kier alpha value is -1.13. The Kier molecular flexibility index (Phi) is 2.40. The van der Waals surface area contributed by atoms with E-state index in [1.165, 1.54) is 6.07 Å². The first kappa shape index (κ1) is 7.97. The Balaban J connectivity index is 2.39. The molecule has 62 valence electrons. The van der Waals surface area contributed by atoms with Gasteiger partial charge in [0, 0.05) is 6.07 Å². The molecule has 0 amide bonds. The highest BCUT2D eigenvalue weighted by Crippen LogP contribution is 2.10. The van der Waals surface area contributed by atoms with Gasteiger partial charge >= 0.3 is 0 Å². The minimum absolute atomic E-state index is 0.0998. The molecule has 0 bridgehead atoms. The standard InChI is InChI=1S/C6H7F2NO2/c1-4-2-6(9-11-4)10-3-5(7)8/h2,5H,3H2,1H3. The Morgan fingerprint density at radius 2 is 2.45 bits per heavy atom. The molecule has 0 saturated carbocycles. The van der Waals surface area contributed by atoms with Gasteiger partial charge in [0.05, 0.1) is 0 Å². The van der Waals surface area contributed by atoms with Crippen molar-refractivity contribution in [3.05, 3.63) is 11.8 Å². The average molecular weight is 163 g/mol. The fourth-order valence-corrected chi connectivity index (χ4v) is 0.560. The van der Waals surface area contributed by atoms with Crippen LogP contribution in [-0.4, -0.2) is 18.2 Å². The second kappa shape index (κ2) is 3.32. The maximum absolute atomic E-state index is 11.5. The molecule has 0 atom stereocenters. The summed E-state index contributed by atoms with van der Waals surface area (Å²) in [5, 5.41) is 3.36. The van der Waals surface area contributed by atoms with E-state index in [4.69, 9.17) is 0 Å². The topological polar surface area (TPSA) is 35.3 Å². The van der Waals surface area contributed by atoms with Crippen LogP contribution in [0, 0.1) is 6.92 Å². The zero-order valence-corrected chi connectivity index (χ0v) is 5.88. The lowest BCUT2D eigenvalue weighted by molar-refractivity contribution is 0.0776. The van der Waals surface area contributed by atoms with Gasteiger partial charge in [-0.15, -0.1) is 0 Å². The molecule has 0 radical (unpaired) electrons. The quantitative estimate of drug-likeness (QED) is 0.679. The lowest BCUT2D eigenvalue weighted by Gasteiger charge is -1.97. The number of nitrogens with zero attached hydrogens (tertiary/aromatic N) is 1. The fourth-order valence-electron chi connectivity index (χ4n) is 0.560. The molecule has 0 aliphatic heterocycles. The first-order chi connectivity index (χ1) is 5.18. The van der Waals surface area contributed by atoms with Crippen LogP contribution in [0.2, 0.25) is 0 Å². The van der Waals surface area contributed by atoms with Crippen molar-refractivity contribution in [2.75, 3.05) is 6.61 Å². The summed E-state index contributed by atoms with van der Waals surface area (Å²) in [6.07, 6.45) is -2.48. The molecule has 0 N–H and O–H groups in total. The summed E-state index contributed by atoms with van der Waals surface area (Å²) >= 11 is 0. The lowest BCUT2D eigenvalue weighted by Crippen LogP contribution is -2.06. The zero-order chi connectivity index (χ0) is 8.27. The number of aromatic nitrogens is 1. The Morgan fingerprint density at radius 3 is 2.91 bits per heavy atom.